The minimum Gasteiger partial charge on any atom is -0.290 e. The highest BCUT2D eigenvalue weighted by Crippen LogP contribution is 2.42. The van der Waals surface area contributed by atoms with Crippen LogP contribution >= 0.6 is 23.5 Å². The van der Waals surface area contributed by atoms with E-state index in [-0.39, 0.29) is 5.78 Å². The molecule has 1 nitrogen and oxygen atoms in total. The topological polar surface area (TPSA) is 17.1 Å². The molecule has 76 valence electrons. The fourth-order valence-electron chi connectivity index (χ4n) is 1.12. The quantitative estimate of drug-likeness (QED) is 0.745. The van der Waals surface area contributed by atoms with E-state index in [2.05, 4.69) is 0 Å². The van der Waals surface area contributed by atoms with Gasteiger partial charge >= 0.3 is 0 Å². The number of ketones is 1. The summed E-state index contributed by atoms with van der Waals surface area (Å²) >= 11 is 3.45. The zero-order chi connectivity index (χ0) is 10.5. The van der Waals surface area contributed by atoms with Gasteiger partial charge in [-0.2, -0.15) is 0 Å². The van der Waals surface area contributed by atoms with Crippen molar-refractivity contribution in [2.45, 2.75) is 0 Å². The maximum absolute atomic E-state index is 11.4. The van der Waals surface area contributed by atoms with Gasteiger partial charge in [-0.3, -0.25) is 4.79 Å². The highest BCUT2D eigenvalue weighted by atomic mass is 32.3. The second-order valence-corrected chi connectivity index (χ2v) is 5.67. The molecule has 15 heavy (non-hydrogen) atoms. The Morgan fingerprint density at radius 2 is 1.93 bits per heavy atom. The van der Waals surface area contributed by atoms with E-state index in [0.29, 0.717) is 0 Å². The highest BCUT2D eigenvalue weighted by molar-refractivity contribution is 8.37. The van der Waals surface area contributed by atoms with Crippen LogP contribution in [0.4, 0.5) is 0 Å². The number of carbonyl (C=O) groups is 1. The average Bonchev–Trinajstić information content (AvgIpc) is 2.22. The number of carbonyl (C=O) groups excluding carboxylic acids is 1. The van der Waals surface area contributed by atoms with E-state index in [4.69, 9.17) is 0 Å². The van der Waals surface area contributed by atoms with Crippen molar-refractivity contribution in [3.8, 4) is 0 Å². The Morgan fingerprint density at radius 3 is 2.53 bits per heavy atom. The summed E-state index contributed by atoms with van der Waals surface area (Å²) in [5, 5.41) is 1.07. The van der Waals surface area contributed by atoms with Crippen molar-refractivity contribution >= 4 is 35.4 Å². The molecule has 0 saturated carbocycles. The van der Waals surface area contributed by atoms with Gasteiger partial charge in [0.1, 0.15) is 0 Å². The van der Waals surface area contributed by atoms with E-state index in [0.717, 1.165) is 14.9 Å². The summed E-state index contributed by atoms with van der Waals surface area (Å²) in [6, 6.07) is 9.83. The number of rotatable bonds is 3. The third-order valence-corrected chi connectivity index (χ3v) is 4.36. The van der Waals surface area contributed by atoms with Crippen molar-refractivity contribution in [3.05, 3.63) is 52.3 Å². The van der Waals surface area contributed by atoms with Crippen LogP contribution < -0.4 is 0 Å². The van der Waals surface area contributed by atoms with E-state index in [1.165, 1.54) is 0 Å². The molecule has 1 aliphatic heterocycles. The fourth-order valence-corrected chi connectivity index (χ4v) is 2.53. The van der Waals surface area contributed by atoms with Crippen molar-refractivity contribution in [1.29, 1.82) is 0 Å². The highest BCUT2D eigenvalue weighted by Gasteiger charge is 2.10. The maximum atomic E-state index is 11.4. The second-order valence-electron chi connectivity index (χ2n) is 3.02. The molecule has 1 saturated heterocycles. The summed E-state index contributed by atoms with van der Waals surface area (Å²) in [5.74, 6) is 0.0635. The van der Waals surface area contributed by atoms with Gasteiger partial charge in [0.25, 0.3) is 0 Å². The van der Waals surface area contributed by atoms with Crippen LogP contribution in [0.1, 0.15) is 5.56 Å². The van der Waals surface area contributed by atoms with Crippen molar-refractivity contribution in [2.24, 2.45) is 0 Å². The predicted octanol–water partition coefficient (Wildman–Crippen LogP) is 3.55. The van der Waals surface area contributed by atoms with Gasteiger partial charge in [-0.1, -0.05) is 36.4 Å². The molecule has 0 spiro atoms. The van der Waals surface area contributed by atoms with Crippen LogP contribution in [0.3, 0.4) is 0 Å². The number of allylic oxidation sites excluding steroid dienone is 2. The van der Waals surface area contributed by atoms with Gasteiger partial charge in [-0.15, -0.1) is 23.5 Å². The van der Waals surface area contributed by atoms with Crippen LogP contribution in [-0.4, -0.2) is 10.9 Å². The molecule has 2 rings (SSSR count). The van der Waals surface area contributed by atoms with Gasteiger partial charge in [0, 0.05) is 15.4 Å². The van der Waals surface area contributed by atoms with E-state index in [1.807, 2.05) is 36.4 Å². The van der Waals surface area contributed by atoms with E-state index < -0.39 is 0 Å². The van der Waals surface area contributed by atoms with Gasteiger partial charge in [-0.25, -0.2) is 0 Å². The lowest BCUT2D eigenvalue weighted by Gasteiger charge is -2.12. The van der Waals surface area contributed by atoms with Crippen LogP contribution in [0.5, 0.6) is 0 Å². The van der Waals surface area contributed by atoms with Crippen LogP contribution in [0.2, 0.25) is 0 Å². The maximum Gasteiger partial charge on any atom is 0.180 e. The Morgan fingerprint density at radius 1 is 1.20 bits per heavy atom. The smallest absolute Gasteiger partial charge is 0.180 e. The molecule has 0 aliphatic carbocycles. The molecule has 0 unspecified atom stereocenters. The van der Waals surface area contributed by atoms with Crippen molar-refractivity contribution in [3.63, 3.8) is 0 Å². The molecule has 0 bridgehead atoms. The lowest BCUT2D eigenvalue weighted by Crippen LogP contribution is -1.92. The van der Waals surface area contributed by atoms with Crippen LogP contribution in [0.25, 0.3) is 6.08 Å². The minimum absolute atomic E-state index is 0.0635. The molecule has 0 N–H and O–H groups in total. The first kappa shape index (κ1) is 10.6. The Labute approximate surface area is 97.6 Å². The average molecular weight is 234 g/mol. The molecular weight excluding hydrogens is 224 g/mol. The number of hydrogen-bond donors (Lipinski definition) is 0. The first-order valence-corrected chi connectivity index (χ1v) is 6.56. The van der Waals surface area contributed by atoms with Crippen LogP contribution in [0, 0.1) is 0 Å². The largest absolute Gasteiger partial charge is 0.290 e. The first-order chi connectivity index (χ1) is 7.34. The van der Waals surface area contributed by atoms with E-state index in [9.17, 15) is 4.79 Å². The molecule has 3 heteroatoms. The molecular formula is C12H10OS2. The molecule has 1 heterocycles. The molecule has 0 aromatic heterocycles. The summed E-state index contributed by atoms with van der Waals surface area (Å²) < 4.78 is 1.12. The van der Waals surface area contributed by atoms with Crippen molar-refractivity contribution < 1.29 is 4.79 Å². The standard InChI is InChI=1S/C12H10OS2/c13-11(8-12-14-9-15-12)7-6-10-4-2-1-3-5-10/h1-8H,9H2. The first-order valence-electron chi connectivity index (χ1n) is 4.59. The second kappa shape index (κ2) is 5.24. The van der Waals surface area contributed by atoms with Gasteiger partial charge in [0.05, 0.1) is 0 Å². The Hall–Kier alpha value is -0.930. The molecule has 1 aromatic rings. The summed E-state index contributed by atoms with van der Waals surface area (Å²) in [7, 11) is 0. The Kier molecular flexibility index (Phi) is 3.69. The predicted molar refractivity (Wildman–Crippen MR) is 68.6 cm³/mol. The summed E-state index contributed by atoms with van der Waals surface area (Å²) in [6.45, 7) is 0. The molecule has 1 aromatic carbocycles. The minimum atomic E-state index is 0.0635. The van der Waals surface area contributed by atoms with E-state index >= 15 is 0 Å². The lowest BCUT2D eigenvalue weighted by atomic mass is 10.2. The SMILES string of the molecule is O=C(C=Cc1ccccc1)C=C1SCS1. The molecule has 0 atom stereocenters. The normalized spacial score (nSPS) is 15.1. The molecule has 1 fully saturated rings. The van der Waals surface area contributed by atoms with Crippen LogP contribution in [0.15, 0.2) is 46.7 Å². The summed E-state index contributed by atoms with van der Waals surface area (Å²) in [5.41, 5.74) is 1.05. The zero-order valence-corrected chi connectivity index (χ0v) is 9.68. The monoisotopic (exact) mass is 234 g/mol. The zero-order valence-electron chi connectivity index (χ0n) is 8.05. The van der Waals surface area contributed by atoms with Crippen molar-refractivity contribution in [2.75, 3.05) is 5.08 Å². The third-order valence-electron chi connectivity index (χ3n) is 1.90. The Balaban J connectivity index is 1.96. The summed E-state index contributed by atoms with van der Waals surface area (Å²) in [4.78, 5) is 11.4. The summed E-state index contributed by atoms with van der Waals surface area (Å²) in [6.07, 6.45) is 5.15. The van der Waals surface area contributed by atoms with Gasteiger partial charge in [-0.05, 0) is 11.6 Å². The number of hydrogen-bond acceptors (Lipinski definition) is 3. The van der Waals surface area contributed by atoms with Gasteiger partial charge in [0.2, 0.25) is 0 Å². The van der Waals surface area contributed by atoms with Crippen LogP contribution in [-0.2, 0) is 4.79 Å². The lowest BCUT2D eigenvalue weighted by molar-refractivity contribution is -0.110. The molecule has 0 amide bonds. The Bertz CT molecular complexity index is 401. The third kappa shape index (κ3) is 3.29. The van der Waals surface area contributed by atoms with Crippen molar-refractivity contribution in [1.82, 2.24) is 0 Å². The molecule has 0 radical (unpaired) electrons. The fraction of sp³-hybridized carbons (Fsp3) is 0.0833. The van der Waals surface area contributed by atoms with Gasteiger partial charge in [0.15, 0.2) is 5.78 Å². The van der Waals surface area contributed by atoms with E-state index in [1.54, 1.807) is 35.7 Å². The molecule has 1 aliphatic rings. The number of benzene rings is 1. The number of thioether (sulfide) groups is 2. The van der Waals surface area contributed by atoms with Gasteiger partial charge < -0.3 is 0 Å².